The van der Waals surface area contributed by atoms with Crippen LogP contribution >= 0.6 is 12.2 Å². The number of hydrogen-bond acceptors (Lipinski definition) is 6. The largest absolute Gasteiger partial charge is 0.494 e. The van der Waals surface area contributed by atoms with Crippen LogP contribution in [0.25, 0.3) is 6.08 Å². The summed E-state index contributed by atoms with van der Waals surface area (Å²) in [6, 6.07) is 14.8. The number of hydrogen-bond donors (Lipinski definition) is 1. The molecule has 8 heteroatoms. The predicted octanol–water partition coefficient (Wildman–Crippen LogP) is 2.75. The van der Waals surface area contributed by atoms with E-state index in [1.807, 2.05) is 31.2 Å². The molecule has 0 bridgehead atoms. The van der Waals surface area contributed by atoms with Gasteiger partial charge < -0.3 is 14.4 Å². The molecule has 2 aromatic carbocycles. The molecule has 160 valence electrons. The first-order valence-corrected chi connectivity index (χ1v) is 10.5. The fourth-order valence-corrected chi connectivity index (χ4v) is 3.80. The summed E-state index contributed by atoms with van der Waals surface area (Å²) in [4.78, 5) is 29.2. The zero-order valence-electron chi connectivity index (χ0n) is 17.2. The van der Waals surface area contributed by atoms with Gasteiger partial charge >= 0.3 is 0 Å². The molecule has 0 radical (unpaired) electrons. The van der Waals surface area contributed by atoms with Gasteiger partial charge in [0.25, 0.3) is 11.8 Å². The van der Waals surface area contributed by atoms with Crippen molar-refractivity contribution in [3.05, 3.63) is 59.7 Å². The minimum Gasteiger partial charge on any atom is -0.494 e. The van der Waals surface area contributed by atoms with Crippen molar-refractivity contribution in [3.63, 3.8) is 0 Å². The molecule has 2 aromatic rings. The van der Waals surface area contributed by atoms with Crippen LogP contribution < -0.4 is 19.9 Å². The Labute approximate surface area is 186 Å². The second kappa shape index (κ2) is 9.28. The Morgan fingerprint density at radius 2 is 1.68 bits per heavy atom. The number of carbonyl (C=O) groups excluding carboxylic acids is 2. The summed E-state index contributed by atoms with van der Waals surface area (Å²) in [5.41, 5.74) is 2.44. The summed E-state index contributed by atoms with van der Waals surface area (Å²) in [6.07, 6.45) is 1.59. The molecule has 2 heterocycles. The minimum atomic E-state index is -0.505. The van der Waals surface area contributed by atoms with E-state index in [4.69, 9.17) is 21.7 Å². The number of nitrogens with one attached hydrogen (secondary N) is 1. The molecule has 0 atom stereocenters. The number of anilines is 2. The first-order chi connectivity index (χ1) is 15.1. The fourth-order valence-electron chi connectivity index (χ4n) is 3.52. The zero-order valence-corrected chi connectivity index (χ0v) is 18.0. The van der Waals surface area contributed by atoms with Crippen molar-refractivity contribution in [2.45, 2.75) is 6.92 Å². The molecule has 0 saturated carbocycles. The van der Waals surface area contributed by atoms with Crippen molar-refractivity contribution >= 4 is 46.6 Å². The van der Waals surface area contributed by atoms with Crippen LogP contribution in [0.5, 0.6) is 5.75 Å². The van der Waals surface area contributed by atoms with Gasteiger partial charge in [0.15, 0.2) is 5.11 Å². The highest BCUT2D eigenvalue weighted by Crippen LogP contribution is 2.25. The van der Waals surface area contributed by atoms with Gasteiger partial charge in [-0.05, 0) is 67.2 Å². The maximum atomic E-state index is 13.1. The molecular weight excluding hydrogens is 414 g/mol. The Balaban J connectivity index is 1.56. The Morgan fingerprint density at radius 1 is 1.03 bits per heavy atom. The van der Waals surface area contributed by atoms with Crippen molar-refractivity contribution in [2.75, 3.05) is 42.7 Å². The third kappa shape index (κ3) is 4.60. The molecule has 2 aliphatic heterocycles. The first-order valence-electron chi connectivity index (χ1n) is 10.1. The second-order valence-electron chi connectivity index (χ2n) is 7.08. The van der Waals surface area contributed by atoms with Crippen LogP contribution in [-0.4, -0.2) is 49.8 Å². The highest BCUT2D eigenvalue weighted by atomic mass is 32.1. The summed E-state index contributed by atoms with van der Waals surface area (Å²) in [6.45, 7) is 5.56. The summed E-state index contributed by atoms with van der Waals surface area (Å²) in [5, 5.41) is 2.66. The average molecular weight is 438 g/mol. The minimum absolute atomic E-state index is 0.0293. The van der Waals surface area contributed by atoms with E-state index in [2.05, 4.69) is 10.2 Å². The number of benzene rings is 2. The topological polar surface area (TPSA) is 71.1 Å². The van der Waals surface area contributed by atoms with E-state index in [0.717, 1.165) is 24.3 Å². The molecular formula is C23H23N3O4S. The molecule has 2 amide bonds. The molecule has 31 heavy (non-hydrogen) atoms. The molecule has 0 aromatic heterocycles. The van der Waals surface area contributed by atoms with Crippen molar-refractivity contribution in [1.82, 2.24) is 5.32 Å². The molecule has 0 aliphatic carbocycles. The average Bonchev–Trinajstić information content (AvgIpc) is 2.79. The van der Waals surface area contributed by atoms with Crippen LogP contribution in [0, 0.1) is 0 Å². The Hall–Kier alpha value is -3.23. The number of rotatable bonds is 5. The second-order valence-corrected chi connectivity index (χ2v) is 7.46. The van der Waals surface area contributed by atoms with Crippen molar-refractivity contribution in [1.29, 1.82) is 0 Å². The van der Waals surface area contributed by atoms with E-state index in [1.165, 1.54) is 4.90 Å². The van der Waals surface area contributed by atoms with Crippen molar-refractivity contribution in [2.24, 2.45) is 0 Å². The molecule has 0 spiro atoms. The quantitative estimate of drug-likeness (QED) is 0.441. The zero-order chi connectivity index (χ0) is 21.8. The fraction of sp³-hybridized carbons (Fsp3) is 0.261. The lowest BCUT2D eigenvalue weighted by Gasteiger charge is -2.29. The Bertz CT molecular complexity index is 1010. The van der Waals surface area contributed by atoms with Gasteiger partial charge in [-0.1, -0.05) is 12.1 Å². The molecule has 7 nitrogen and oxygen atoms in total. The van der Waals surface area contributed by atoms with Crippen LogP contribution in [0.2, 0.25) is 0 Å². The highest BCUT2D eigenvalue weighted by molar-refractivity contribution is 7.80. The SMILES string of the molecule is CCOc1ccc(N2C(=O)/C(=C/c3ccc(N4CCOCC4)cc3)C(=O)NC2=S)cc1. The summed E-state index contributed by atoms with van der Waals surface area (Å²) in [5.74, 6) is -0.272. The summed E-state index contributed by atoms with van der Waals surface area (Å²) >= 11 is 5.25. The highest BCUT2D eigenvalue weighted by Gasteiger charge is 2.34. The molecule has 0 unspecified atom stereocenters. The standard InChI is InChI=1S/C23H23N3O4S/c1-2-30-19-9-7-18(8-10-19)26-22(28)20(21(27)24-23(26)31)15-16-3-5-17(6-4-16)25-11-13-29-14-12-25/h3-10,15H,2,11-14H2,1H3,(H,24,27,31)/b20-15+. The van der Waals surface area contributed by atoms with Gasteiger partial charge in [-0.25, -0.2) is 0 Å². The Kier molecular flexibility index (Phi) is 6.29. The van der Waals surface area contributed by atoms with E-state index in [0.29, 0.717) is 31.3 Å². The van der Waals surface area contributed by atoms with Crippen LogP contribution in [0.4, 0.5) is 11.4 Å². The number of ether oxygens (including phenoxy) is 2. The maximum absolute atomic E-state index is 13.1. The number of carbonyl (C=O) groups is 2. The number of thiocarbonyl (C=S) groups is 1. The van der Waals surface area contributed by atoms with E-state index < -0.39 is 11.8 Å². The number of nitrogens with zero attached hydrogens (tertiary/aromatic N) is 2. The van der Waals surface area contributed by atoms with Crippen LogP contribution in [-0.2, 0) is 14.3 Å². The van der Waals surface area contributed by atoms with E-state index >= 15 is 0 Å². The van der Waals surface area contributed by atoms with Crippen LogP contribution in [0.3, 0.4) is 0 Å². The normalized spacial score (nSPS) is 18.4. The van der Waals surface area contributed by atoms with E-state index in [9.17, 15) is 9.59 Å². The molecule has 1 N–H and O–H groups in total. The van der Waals surface area contributed by atoms with Crippen LogP contribution in [0.15, 0.2) is 54.1 Å². The summed E-state index contributed by atoms with van der Waals surface area (Å²) in [7, 11) is 0. The third-order valence-corrected chi connectivity index (χ3v) is 5.37. The van der Waals surface area contributed by atoms with Gasteiger partial charge in [0.2, 0.25) is 0 Å². The number of morpholine rings is 1. The monoisotopic (exact) mass is 437 g/mol. The summed E-state index contributed by atoms with van der Waals surface area (Å²) < 4.78 is 10.8. The van der Waals surface area contributed by atoms with Crippen molar-refractivity contribution < 1.29 is 19.1 Å². The van der Waals surface area contributed by atoms with Gasteiger partial charge in [0, 0.05) is 18.8 Å². The number of amides is 2. The lowest BCUT2D eigenvalue weighted by molar-refractivity contribution is -0.122. The van der Waals surface area contributed by atoms with Gasteiger partial charge in [0.05, 0.1) is 25.5 Å². The van der Waals surface area contributed by atoms with E-state index in [1.54, 1.807) is 30.3 Å². The third-order valence-electron chi connectivity index (χ3n) is 5.09. The Morgan fingerprint density at radius 3 is 2.32 bits per heavy atom. The van der Waals surface area contributed by atoms with Crippen LogP contribution in [0.1, 0.15) is 12.5 Å². The molecule has 2 aliphatic rings. The molecule has 4 rings (SSSR count). The van der Waals surface area contributed by atoms with E-state index in [-0.39, 0.29) is 10.7 Å². The van der Waals surface area contributed by atoms with Crippen molar-refractivity contribution in [3.8, 4) is 5.75 Å². The lowest BCUT2D eigenvalue weighted by atomic mass is 10.1. The molecule has 2 fully saturated rings. The predicted molar refractivity (Wildman–Crippen MR) is 123 cm³/mol. The molecule has 2 saturated heterocycles. The van der Waals surface area contributed by atoms with Gasteiger partial charge in [-0.3, -0.25) is 19.8 Å². The lowest BCUT2D eigenvalue weighted by Crippen LogP contribution is -2.54. The van der Waals surface area contributed by atoms with Gasteiger partial charge in [0.1, 0.15) is 11.3 Å². The van der Waals surface area contributed by atoms with Gasteiger partial charge in [-0.2, -0.15) is 0 Å². The van der Waals surface area contributed by atoms with Gasteiger partial charge in [-0.15, -0.1) is 0 Å². The first kappa shape index (κ1) is 21.0. The smallest absolute Gasteiger partial charge is 0.270 e. The maximum Gasteiger partial charge on any atom is 0.270 e.